The van der Waals surface area contributed by atoms with Gasteiger partial charge < -0.3 is 0 Å². The zero-order chi connectivity index (χ0) is 13.5. The molecule has 96 valence electrons. The second-order valence-corrected chi connectivity index (χ2v) is 4.30. The second kappa shape index (κ2) is 6.64. The number of rotatable bonds is 5. The normalized spacial score (nSPS) is 10.8. The highest BCUT2D eigenvalue weighted by molar-refractivity contribution is 6.04. The van der Waals surface area contributed by atoms with Crippen LogP contribution in [0, 0.1) is 5.82 Å². The summed E-state index contributed by atoms with van der Waals surface area (Å²) in [5, 5.41) is 0. The van der Waals surface area contributed by atoms with Gasteiger partial charge in [-0.25, -0.2) is 4.39 Å². The van der Waals surface area contributed by atoms with Crippen LogP contribution in [-0.2, 0) is 6.42 Å². The van der Waals surface area contributed by atoms with Gasteiger partial charge in [-0.3, -0.25) is 4.79 Å². The van der Waals surface area contributed by atoms with Crippen molar-refractivity contribution in [2.75, 3.05) is 0 Å². The number of hydrogen-bond donors (Lipinski definition) is 0. The molecule has 0 heterocycles. The zero-order valence-corrected chi connectivity index (χ0v) is 10.6. The van der Waals surface area contributed by atoms with Crippen LogP contribution in [0.4, 0.5) is 4.39 Å². The Kier molecular flexibility index (Phi) is 4.62. The number of halogens is 1. The topological polar surface area (TPSA) is 17.1 Å². The maximum Gasteiger partial charge on any atom is 0.185 e. The lowest BCUT2D eigenvalue weighted by Gasteiger charge is -1.97. The molecule has 0 aliphatic heterocycles. The monoisotopic (exact) mass is 254 g/mol. The molecule has 0 fully saturated rings. The molecule has 0 N–H and O–H groups in total. The van der Waals surface area contributed by atoms with Crippen molar-refractivity contribution in [2.24, 2.45) is 0 Å². The number of carbonyl (C=O) groups is 1. The van der Waals surface area contributed by atoms with Crippen LogP contribution in [0.1, 0.15) is 22.3 Å². The molecule has 2 rings (SSSR count). The van der Waals surface area contributed by atoms with Crippen LogP contribution in [0.25, 0.3) is 0 Å². The Morgan fingerprint density at radius 2 is 1.84 bits per heavy atom. The number of carbonyl (C=O) groups excluding carboxylic acids is 1. The molecule has 2 aromatic carbocycles. The SMILES string of the molecule is O=C(/C=C/CCc1ccccc1)c1cccc(F)c1. The first kappa shape index (κ1) is 13.2. The highest BCUT2D eigenvalue weighted by atomic mass is 19.1. The van der Waals surface area contributed by atoms with Crippen LogP contribution < -0.4 is 0 Å². The fraction of sp³-hybridized carbons (Fsp3) is 0.118. The highest BCUT2D eigenvalue weighted by Crippen LogP contribution is 2.07. The molecular weight excluding hydrogens is 239 g/mol. The van der Waals surface area contributed by atoms with Gasteiger partial charge in [0, 0.05) is 5.56 Å². The van der Waals surface area contributed by atoms with Crippen molar-refractivity contribution in [1.82, 2.24) is 0 Å². The third-order valence-electron chi connectivity index (χ3n) is 2.82. The van der Waals surface area contributed by atoms with Crippen molar-refractivity contribution in [3.05, 3.63) is 83.7 Å². The average molecular weight is 254 g/mol. The standard InChI is InChI=1S/C17H15FO/c18-16-11-6-10-15(13-16)17(19)12-5-4-9-14-7-2-1-3-8-14/h1-3,5-8,10-13H,4,9H2/b12-5+. The molecule has 0 saturated heterocycles. The fourth-order valence-corrected chi connectivity index (χ4v) is 1.82. The lowest BCUT2D eigenvalue weighted by atomic mass is 10.1. The first-order chi connectivity index (χ1) is 9.25. The summed E-state index contributed by atoms with van der Waals surface area (Å²) in [5.74, 6) is -0.545. The summed E-state index contributed by atoms with van der Waals surface area (Å²) in [6.45, 7) is 0. The Balaban J connectivity index is 1.87. The van der Waals surface area contributed by atoms with E-state index in [1.54, 1.807) is 12.1 Å². The third-order valence-corrected chi connectivity index (χ3v) is 2.82. The van der Waals surface area contributed by atoms with Gasteiger partial charge in [0.1, 0.15) is 5.82 Å². The number of benzene rings is 2. The van der Waals surface area contributed by atoms with E-state index in [9.17, 15) is 9.18 Å². The fourth-order valence-electron chi connectivity index (χ4n) is 1.82. The van der Waals surface area contributed by atoms with Crippen LogP contribution in [-0.4, -0.2) is 5.78 Å². The Labute approximate surface area is 112 Å². The summed E-state index contributed by atoms with van der Waals surface area (Å²) >= 11 is 0. The largest absolute Gasteiger partial charge is 0.289 e. The van der Waals surface area contributed by atoms with Crippen LogP contribution in [0.2, 0.25) is 0 Å². The van der Waals surface area contributed by atoms with E-state index < -0.39 is 0 Å². The lowest BCUT2D eigenvalue weighted by molar-refractivity contribution is 0.104. The molecule has 0 spiro atoms. The maximum atomic E-state index is 13.0. The number of ketones is 1. The molecule has 0 amide bonds. The first-order valence-corrected chi connectivity index (χ1v) is 6.26. The third kappa shape index (κ3) is 4.18. The molecule has 19 heavy (non-hydrogen) atoms. The van der Waals surface area contributed by atoms with E-state index in [4.69, 9.17) is 0 Å². The van der Waals surface area contributed by atoms with Gasteiger partial charge in [0.15, 0.2) is 5.78 Å². The summed E-state index contributed by atoms with van der Waals surface area (Å²) in [4.78, 5) is 11.8. The molecule has 0 aliphatic rings. The van der Waals surface area contributed by atoms with Gasteiger partial charge in [0.25, 0.3) is 0 Å². The predicted molar refractivity (Wildman–Crippen MR) is 74.6 cm³/mol. The second-order valence-electron chi connectivity index (χ2n) is 4.30. The van der Waals surface area contributed by atoms with Crippen molar-refractivity contribution in [3.8, 4) is 0 Å². The highest BCUT2D eigenvalue weighted by Gasteiger charge is 2.01. The summed E-state index contributed by atoms with van der Waals surface area (Å²) in [7, 11) is 0. The number of hydrogen-bond acceptors (Lipinski definition) is 1. The maximum absolute atomic E-state index is 13.0. The predicted octanol–water partition coefficient (Wildman–Crippen LogP) is 4.20. The van der Waals surface area contributed by atoms with E-state index in [0.717, 1.165) is 12.8 Å². The van der Waals surface area contributed by atoms with Crippen molar-refractivity contribution in [3.63, 3.8) is 0 Å². The van der Waals surface area contributed by atoms with Crippen molar-refractivity contribution in [2.45, 2.75) is 12.8 Å². The molecule has 2 heteroatoms. The van der Waals surface area contributed by atoms with E-state index in [-0.39, 0.29) is 11.6 Å². The summed E-state index contributed by atoms with van der Waals surface area (Å²) in [6.07, 6.45) is 5.04. The molecule has 0 bridgehead atoms. The minimum Gasteiger partial charge on any atom is -0.289 e. The van der Waals surface area contributed by atoms with Crippen LogP contribution in [0.5, 0.6) is 0 Å². The average Bonchev–Trinajstić information content (AvgIpc) is 2.44. The van der Waals surface area contributed by atoms with Crippen LogP contribution in [0.3, 0.4) is 0 Å². The van der Waals surface area contributed by atoms with Gasteiger partial charge in [-0.1, -0.05) is 48.5 Å². The number of aryl methyl sites for hydroxylation is 1. The van der Waals surface area contributed by atoms with Crippen molar-refractivity contribution < 1.29 is 9.18 Å². The molecule has 0 saturated carbocycles. The smallest absolute Gasteiger partial charge is 0.185 e. The summed E-state index contributed by atoms with van der Waals surface area (Å²) < 4.78 is 13.0. The lowest BCUT2D eigenvalue weighted by Crippen LogP contribution is -1.94. The van der Waals surface area contributed by atoms with Gasteiger partial charge in [-0.15, -0.1) is 0 Å². The van der Waals surface area contributed by atoms with E-state index in [0.29, 0.717) is 5.56 Å². The van der Waals surface area contributed by atoms with Gasteiger partial charge in [-0.2, -0.15) is 0 Å². The Morgan fingerprint density at radius 1 is 1.05 bits per heavy atom. The Hall–Kier alpha value is -2.22. The van der Waals surface area contributed by atoms with Crippen molar-refractivity contribution in [1.29, 1.82) is 0 Å². The van der Waals surface area contributed by atoms with Crippen molar-refractivity contribution >= 4 is 5.78 Å². The molecule has 2 aromatic rings. The van der Waals surface area contributed by atoms with Gasteiger partial charge in [-0.05, 0) is 36.6 Å². The molecule has 0 aromatic heterocycles. The summed E-state index contributed by atoms with van der Waals surface area (Å²) in [5.41, 5.74) is 1.63. The Bertz CT molecular complexity index is 573. The minimum atomic E-state index is -0.386. The molecular formula is C17H15FO. The van der Waals surface area contributed by atoms with E-state index >= 15 is 0 Å². The minimum absolute atomic E-state index is 0.160. The van der Waals surface area contributed by atoms with Crippen LogP contribution >= 0.6 is 0 Å². The zero-order valence-electron chi connectivity index (χ0n) is 10.6. The molecule has 0 aliphatic carbocycles. The van der Waals surface area contributed by atoms with Gasteiger partial charge >= 0.3 is 0 Å². The van der Waals surface area contributed by atoms with Gasteiger partial charge in [0.2, 0.25) is 0 Å². The summed E-state index contributed by atoms with van der Waals surface area (Å²) in [6, 6.07) is 15.8. The molecule has 1 nitrogen and oxygen atoms in total. The number of allylic oxidation sites excluding steroid dienone is 2. The quantitative estimate of drug-likeness (QED) is 0.577. The molecule has 0 unspecified atom stereocenters. The van der Waals surface area contributed by atoms with E-state index in [1.165, 1.54) is 23.8 Å². The van der Waals surface area contributed by atoms with Gasteiger partial charge in [0.05, 0.1) is 0 Å². The molecule has 0 atom stereocenters. The first-order valence-electron chi connectivity index (χ1n) is 6.26. The van der Waals surface area contributed by atoms with E-state index in [2.05, 4.69) is 12.1 Å². The van der Waals surface area contributed by atoms with Crippen LogP contribution in [0.15, 0.2) is 66.7 Å². The molecule has 0 radical (unpaired) electrons. The van der Waals surface area contributed by atoms with E-state index in [1.807, 2.05) is 24.3 Å². The Morgan fingerprint density at radius 3 is 2.58 bits per heavy atom.